The Kier molecular flexibility index (Phi) is 7.44. The van der Waals surface area contributed by atoms with Crippen LogP contribution in [0.3, 0.4) is 0 Å². The van der Waals surface area contributed by atoms with Crippen molar-refractivity contribution in [2.45, 2.75) is 44.2 Å². The zero-order valence-electron chi connectivity index (χ0n) is 17.5. The van der Waals surface area contributed by atoms with Crippen molar-refractivity contribution in [3.8, 4) is 17.5 Å². The number of urea groups is 1. The van der Waals surface area contributed by atoms with Gasteiger partial charge in [0.15, 0.2) is 0 Å². The first-order chi connectivity index (χ1) is 15.3. The molecule has 12 heteroatoms. The number of methoxy groups -OCH3 is 1. The smallest absolute Gasteiger partial charge is 0.495 e. The van der Waals surface area contributed by atoms with Crippen LogP contribution in [0.1, 0.15) is 25.7 Å². The highest BCUT2D eigenvalue weighted by Crippen LogP contribution is 2.32. The van der Waals surface area contributed by atoms with Gasteiger partial charge in [-0.1, -0.05) is 0 Å². The Morgan fingerprint density at radius 1 is 1.16 bits per heavy atom. The quantitative estimate of drug-likeness (QED) is 0.581. The lowest BCUT2D eigenvalue weighted by Crippen LogP contribution is -2.41. The second-order valence-electron chi connectivity index (χ2n) is 7.07. The Morgan fingerprint density at radius 2 is 1.91 bits per heavy atom. The van der Waals surface area contributed by atoms with Crippen LogP contribution in [0.25, 0.3) is 0 Å². The summed E-state index contributed by atoms with van der Waals surface area (Å²) >= 11 is 0. The number of hydrogen-bond acceptors (Lipinski definition) is 7. The van der Waals surface area contributed by atoms with Gasteiger partial charge in [-0.3, -0.25) is 0 Å². The van der Waals surface area contributed by atoms with E-state index in [0.29, 0.717) is 37.5 Å². The van der Waals surface area contributed by atoms with Crippen LogP contribution in [-0.2, 0) is 0 Å². The molecule has 0 radical (unpaired) electrons. The molecule has 2 aromatic rings. The van der Waals surface area contributed by atoms with Gasteiger partial charge in [0, 0.05) is 25.4 Å². The lowest BCUT2D eigenvalue weighted by atomic mass is 9.93. The first-order valence-electron chi connectivity index (χ1n) is 9.94. The first-order valence-corrected chi connectivity index (χ1v) is 9.94. The third kappa shape index (κ3) is 6.79. The van der Waals surface area contributed by atoms with Crippen molar-refractivity contribution < 1.29 is 32.2 Å². The van der Waals surface area contributed by atoms with Gasteiger partial charge in [-0.25, -0.2) is 9.78 Å². The number of hydrogen-bond donors (Lipinski definition) is 3. The summed E-state index contributed by atoms with van der Waals surface area (Å²) in [6.45, 7) is 0. The molecular weight excluding hydrogens is 431 g/mol. The van der Waals surface area contributed by atoms with Gasteiger partial charge in [-0.05, 0) is 43.9 Å². The number of rotatable bonds is 7. The molecule has 1 aliphatic carbocycles. The zero-order valence-corrected chi connectivity index (χ0v) is 17.5. The maximum atomic E-state index is 12.5. The molecule has 0 spiro atoms. The minimum atomic E-state index is -4.84. The highest BCUT2D eigenvalue weighted by molar-refractivity contribution is 5.91. The number of halogens is 3. The molecule has 32 heavy (non-hydrogen) atoms. The maximum Gasteiger partial charge on any atom is 0.573 e. The van der Waals surface area contributed by atoms with E-state index in [9.17, 15) is 18.0 Å². The highest BCUT2D eigenvalue weighted by Gasteiger charge is 2.31. The Bertz CT molecular complexity index is 920. The van der Waals surface area contributed by atoms with Crippen LogP contribution >= 0.6 is 0 Å². The van der Waals surface area contributed by atoms with Crippen molar-refractivity contribution in [1.29, 1.82) is 0 Å². The van der Waals surface area contributed by atoms with Crippen LogP contribution in [0.5, 0.6) is 17.5 Å². The molecule has 0 saturated heterocycles. The number of aromatic nitrogens is 2. The Labute approximate surface area is 182 Å². The van der Waals surface area contributed by atoms with E-state index in [0.717, 1.165) is 12.1 Å². The van der Waals surface area contributed by atoms with E-state index in [-0.39, 0.29) is 23.6 Å². The summed E-state index contributed by atoms with van der Waals surface area (Å²) in [5.41, 5.74) is 0.0605. The predicted octanol–water partition coefficient (Wildman–Crippen LogP) is 3.94. The molecule has 1 saturated carbocycles. The molecule has 3 N–H and O–H groups in total. The predicted molar refractivity (Wildman–Crippen MR) is 110 cm³/mol. The molecule has 1 fully saturated rings. The van der Waals surface area contributed by atoms with Crippen molar-refractivity contribution in [3.05, 3.63) is 30.5 Å². The zero-order chi connectivity index (χ0) is 23.1. The van der Waals surface area contributed by atoms with Crippen LogP contribution in [-0.4, -0.2) is 48.7 Å². The molecule has 1 heterocycles. The topological polar surface area (TPSA) is 107 Å². The molecular formula is C20H24F3N5O4. The van der Waals surface area contributed by atoms with E-state index in [2.05, 4.69) is 30.7 Å². The van der Waals surface area contributed by atoms with Crippen LogP contribution in [0.4, 0.5) is 29.5 Å². The van der Waals surface area contributed by atoms with Gasteiger partial charge < -0.3 is 30.2 Å². The number of carbonyl (C=O) groups is 1. The second kappa shape index (κ2) is 10.2. The van der Waals surface area contributed by atoms with Crippen LogP contribution in [0.15, 0.2) is 30.5 Å². The van der Waals surface area contributed by atoms with Gasteiger partial charge in [-0.2, -0.15) is 4.98 Å². The summed E-state index contributed by atoms with van der Waals surface area (Å²) in [6, 6.07) is 4.79. The fourth-order valence-corrected chi connectivity index (χ4v) is 3.34. The molecule has 0 unspecified atom stereocenters. The summed E-state index contributed by atoms with van der Waals surface area (Å²) in [5.74, 6) is 0.397. The van der Waals surface area contributed by atoms with Crippen molar-refractivity contribution in [3.63, 3.8) is 0 Å². The number of alkyl halides is 3. The normalized spacial score (nSPS) is 18.4. The monoisotopic (exact) mass is 455 g/mol. The van der Waals surface area contributed by atoms with Crippen molar-refractivity contribution >= 4 is 17.5 Å². The van der Waals surface area contributed by atoms with Crippen LogP contribution < -0.4 is 30.2 Å². The summed E-state index contributed by atoms with van der Waals surface area (Å²) in [4.78, 5) is 20.7. The SMILES string of the molecule is CNc1ccnc(O[C@H]2CC[C@H](NC(=O)Nc3cc(OC(F)(F)F)ccc3OC)CC2)n1. The standard InChI is InChI=1S/C20H24F3N5O4/c1-24-17-9-10-25-19(28-17)31-13-5-3-12(4-6-13)26-18(29)27-15-11-14(32-20(21,22)23)7-8-16(15)30-2/h7-13H,3-6H2,1-2H3,(H,24,25,28)(H2,26,27,29)/t12-,13-. The van der Waals surface area contributed by atoms with E-state index in [4.69, 9.17) is 9.47 Å². The Balaban J connectivity index is 1.51. The lowest BCUT2D eigenvalue weighted by molar-refractivity contribution is -0.274. The third-order valence-electron chi connectivity index (χ3n) is 4.82. The number of amides is 2. The fraction of sp³-hybridized carbons (Fsp3) is 0.450. The number of anilines is 2. The number of nitrogens with zero attached hydrogens (tertiary/aromatic N) is 2. The molecule has 1 aromatic heterocycles. The minimum Gasteiger partial charge on any atom is -0.495 e. The summed E-state index contributed by atoms with van der Waals surface area (Å²) in [7, 11) is 3.10. The number of ether oxygens (including phenoxy) is 3. The molecule has 2 amide bonds. The van der Waals surface area contributed by atoms with Crippen molar-refractivity contribution in [1.82, 2.24) is 15.3 Å². The van der Waals surface area contributed by atoms with Crippen LogP contribution in [0.2, 0.25) is 0 Å². The van der Waals surface area contributed by atoms with E-state index in [1.54, 1.807) is 19.3 Å². The molecule has 0 bridgehead atoms. The molecule has 1 aliphatic rings. The Hall–Kier alpha value is -3.44. The first kappa shape index (κ1) is 23.2. The fourth-order valence-electron chi connectivity index (χ4n) is 3.34. The number of carbonyl (C=O) groups excluding carboxylic acids is 1. The van der Waals surface area contributed by atoms with Gasteiger partial charge in [-0.15, -0.1) is 13.2 Å². The summed E-state index contributed by atoms with van der Waals surface area (Å²) in [6.07, 6.45) is -0.592. The van der Waals surface area contributed by atoms with Crippen LogP contribution in [0, 0.1) is 0 Å². The average Bonchev–Trinajstić information content (AvgIpc) is 2.74. The third-order valence-corrected chi connectivity index (χ3v) is 4.82. The molecule has 0 atom stereocenters. The van der Waals surface area contributed by atoms with Gasteiger partial charge >= 0.3 is 18.4 Å². The minimum absolute atomic E-state index is 0.0605. The highest BCUT2D eigenvalue weighted by atomic mass is 19.4. The molecule has 0 aliphatic heterocycles. The largest absolute Gasteiger partial charge is 0.573 e. The van der Waals surface area contributed by atoms with Crippen molar-refractivity contribution in [2.24, 2.45) is 0 Å². The van der Waals surface area contributed by atoms with Gasteiger partial charge in [0.05, 0.1) is 12.8 Å². The molecule has 1 aromatic carbocycles. The summed E-state index contributed by atoms with van der Waals surface area (Å²) in [5, 5.41) is 8.26. The Morgan fingerprint density at radius 3 is 2.56 bits per heavy atom. The van der Waals surface area contributed by atoms with E-state index in [1.807, 2.05) is 0 Å². The van der Waals surface area contributed by atoms with Gasteiger partial charge in [0.2, 0.25) is 0 Å². The molecule has 174 valence electrons. The number of nitrogens with one attached hydrogen (secondary N) is 3. The van der Waals surface area contributed by atoms with Gasteiger partial charge in [0.25, 0.3) is 0 Å². The second-order valence-corrected chi connectivity index (χ2v) is 7.07. The molecule has 3 rings (SSSR count). The summed E-state index contributed by atoms with van der Waals surface area (Å²) < 4.78 is 52.2. The van der Waals surface area contributed by atoms with Gasteiger partial charge in [0.1, 0.15) is 23.4 Å². The van der Waals surface area contributed by atoms with E-state index >= 15 is 0 Å². The van der Waals surface area contributed by atoms with E-state index in [1.165, 1.54) is 13.2 Å². The average molecular weight is 455 g/mol. The number of benzene rings is 1. The maximum absolute atomic E-state index is 12.5. The molecule has 9 nitrogen and oxygen atoms in total. The lowest BCUT2D eigenvalue weighted by Gasteiger charge is -2.29. The van der Waals surface area contributed by atoms with Crippen molar-refractivity contribution in [2.75, 3.05) is 24.8 Å². The van der Waals surface area contributed by atoms with E-state index < -0.39 is 18.1 Å².